The van der Waals surface area contributed by atoms with Crippen molar-refractivity contribution in [2.45, 2.75) is 16.7 Å². The van der Waals surface area contributed by atoms with E-state index in [9.17, 15) is 16.8 Å². The predicted molar refractivity (Wildman–Crippen MR) is 78.2 cm³/mol. The monoisotopic (exact) mass is 327 g/mol. The molecule has 0 saturated heterocycles. The first-order chi connectivity index (χ1) is 9.70. The third-order valence-electron chi connectivity index (χ3n) is 2.80. The van der Waals surface area contributed by atoms with Crippen molar-refractivity contribution in [3.05, 3.63) is 54.1 Å². The molecule has 0 aliphatic carbocycles. The molecule has 0 aliphatic rings. The Hall–Kier alpha value is -1.90. The van der Waals surface area contributed by atoms with Crippen molar-refractivity contribution >= 4 is 25.8 Å². The molecule has 0 amide bonds. The van der Waals surface area contributed by atoms with Gasteiger partial charge < -0.3 is 0 Å². The second kappa shape index (κ2) is 5.47. The lowest BCUT2D eigenvalue weighted by atomic mass is 10.2. The maximum atomic E-state index is 12.4. The summed E-state index contributed by atoms with van der Waals surface area (Å²) in [5, 5.41) is 0. The molecular formula is C13H13NO5S2. The van der Waals surface area contributed by atoms with Crippen LogP contribution in [0.3, 0.4) is 0 Å². The Morgan fingerprint density at radius 3 is 2.05 bits per heavy atom. The second-order valence-corrected chi connectivity index (χ2v) is 7.47. The van der Waals surface area contributed by atoms with Gasteiger partial charge in [-0.1, -0.05) is 18.2 Å². The highest BCUT2D eigenvalue weighted by molar-refractivity contribution is 7.91. The Bertz CT molecular complexity index is 859. The quantitative estimate of drug-likeness (QED) is 0.837. The number of hydrogen-bond acceptors (Lipinski definition) is 4. The van der Waals surface area contributed by atoms with E-state index in [-0.39, 0.29) is 15.5 Å². The molecule has 8 heteroatoms. The fraction of sp³-hybridized carbons (Fsp3) is 0.0769. The number of anilines is 1. The van der Waals surface area contributed by atoms with E-state index in [0.717, 1.165) is 0 Å². The summed E-state index contributed by atoms with van der Waals surface area (Å²) in [4.78, 5) is 0.201. The summed E-state index contributed by atoms with van der Waals surface area (Å²) >= 11 is 0. The van der Waals surface area contributed by atoms with Gasteiger partial charge in [0, 0.05) is 0 Å². The first-order valence-corrected chi connectivity index (χ1v) is 8.78. The van der Waals surface area contributed by atoms with Gasteiger partial charge in [-0.3, -0.25) is 9.27 Å². The number of rotatable bonds is 4. The summed E-state index contributed by atoms with van der Waals surface area (Å²) in [6.45, 7) is 1.54. The van der Waals surface area contributed by atoms with Crippen LogP contribution < -0.4 is 4.72 Å². The zero-order valence-corrected chi connectivity index (χ0v) is 12.6. The summed E-state index contributed by atoms with van der Waals surface area (Å²) in [6.07, 6.45) is 0. The van der Waals surface area contributed by atoms with E-state index in [1.807, 2.05) is 4.72 Å². The number of sulfone groups is 1. The topological polar surface area (TPSA) is 101 Å². The molecule has 0 atom stereocenters. The van der Waals surface area contributed by atoms with Crippen molar-refractivity contribution in [3.8, 4) is 0 Å². The average molecular weight is 327 g/mol. The van der Waals surface area contributed by atoms with Crippen molar-refractivity contribution in [3.63, 3.8) is 0 Å². The van der Waals surface area contributed by atoms with Crippen LogP contribution >= 0.6 is 0 Å². The van der Waals surface area contributed by atoms with Crippen molar-refractivity contribution in [2.75, 3.05) is 4.72 Å². The Morgan fingerprint density at radius 2 is 1.52 bits per heavy atom. The van der Waals surface area contributed by atoms with Crippen LogP contribution in [0.15, 0.2) is 58.3 Å². The molecular weight excluding hydrogens is 314 g/mol. The third kappa shape index (κ3) is 3.60. The molecule has 6 nitrogen and oxygen atoms in total. The fourth-order valence-corrected chi connectivity index (χ4v) is 3.67. The van der Waals surface area contributed by atoms with E-state index >= 15 is 0 Å². The number of benzene rings is 2. The third-order valence-corrected chi connectivity index (χ3v) is 5.05. The van der Waals surface area contributed by atoms with Crippen molar-refractivity contribution in [1.29, 1.82) is 0 Å². The minimum atomic E-state index is -4.40. The molecule has 0 heterocycles. The second-order valence-electron chi connectivity index (χ2n) is 4.37. The molecule has 0 unspecified atom stereocenters. The summed E-state index contributed by atoms with van der Waals surface area (Å²) in [5.74, 6) is 0. The largest absolute Gasteiger partial charge is 0.357 e. The molecule has 0 bridgehead atoms. The van der Waals surface area contributed by atoms with Gasteiger partial charge >= 0.3 is 10.3 Å². The molecule has 2 aromatic carbocycles. The minimum absolute atomic E-state index is 0.0482. The van der Waals surface area contributed by atoms with E-state index in [1.54, 1.807) is 18.2 Å². The molecule has 0 radical (unpaired) electrons. The molecule has 112 valence electrons. The highest BCUT2D eigenvalue weighted by atomic mass is 32.2. The Balaban J connectivity index is 2.46. The molecule has 0 aromatic heterocycles. The van der Waals surface area contributed by atoms with Gasteiger partial charge in [-0.25, -0.2) is 8.42 Å². The Morgan fingerprint density at radius 1 is 0.905 bits per heavy atom. The van der Waals surface area contributed by atoms with E-state index in [4.69, 9.17) is 4.55 Å². The van der Waals surface area contributed by atoms with Crippen LogP contribution in [0.2, 0.25) is 0 Å². The van der Waals surface area contributed by atoms with E-state index < -0.39 is 20.1 Å². The standard InChI is InChI=1S/C13H13NO5S2/c1-10-9-12(7-8-13(10)14-21(17,18)19)20(15,16)11-5-3-2-4-6-11/h2-9,14H,1H3,(H,17,18,19). The fourth-order valence-electron chi connectivity index (χ4n) is 1.79. The molecule has 0 saturated carbocycles. The lowest BCUT2D eigenvalue weighted by Gasteiger charge is -2.09. The van der Waals surface area contributed by atoms with E-state index in [0.29, 0.717) is 5.56 Å². The molecule has 2 N–H and O–H groups in total. The van der Waals surface area contributed by atoms with Gasteiger partial charge in [0.05, 0.1) is 15.5 Å². The highest BCUT2D eigenvalue weighted by Gasteiger charge is 2.18. The van der Waals surface area contributed by atoms with Gasteiger partial charge in [0.1, 0.15) is 0 Å². The number of nitrogens with one attached hydrogen (secondary N) is 1. The summed E-state index contributed by atoms with van der Waals surface area (Å²) in [5.41, 5.74) is 0.495. The SMILES string of the molecule is Cc1cc(S(=O)(=O)c2ccccc2)ccc1NS(=O)(=O)O. The van der Waals surface area contributed by atoms with Gasteiger partial charge in [0.15, 0.2) is 0 Å². The smallest absolute Gasteiger partial charge is 0.269 e. The first-order valence-electron chi connectivity index (χ1n) is 5.86. The van der Waals surface area contributed by atoms with Crippen LogP contribution in [0.25, 0.3) is 0 Å². The summed E-state index contributed by atoms with van der Waals surface area (Å²) in [7, 11) is -8.06. The zero-order chi connectivity index (χ0) is 15.7. The highest BCUT2D eigenvalue weighted by Crippen LogP contribution is 2.25. The molecule has 0 aliphatic heterocycles. The maximum absolute atomic E-state index is 12.4. The Kier molecular flexibility index (Phi) is 4.04. The normalized spacial score (nSPS) is 12.1. The van der Waals surface area contributed by atoms with E-state index in [1.165, 1.54) is 37.3 Å². The lowest BCUT2D eigenvalue weighted by molar-refractivity contribution is 0.489. The Labute approximate surface area is 123 Å². The maximum Gasteiger partial charge on any atom is 0.357 e. The van der Waals surface area contributed by atoms with Gasteiger partial charge in [0.2, 0.25) is 9.84 Å². The van der Waals surface area contributed by atoms with Gasteiger partial charge in [0.25, 0.3) is 0 Å². The molecule has 2 rings (SSSR count). The first kappa shape index (κ1) is 15.5. The van der Waals surface area contributed by atoms with Crippen molar-refractivity contribution in [2.24, 2.45) is 0 Å². The van der Waals surface area contributed by atoms with Crippen molar-refractivity contribution < 1.29 is 21.4 Å². The zero-order valence-electron chi connectivity index (χ0n) is 11.0. The van der Waals surface area contributed by atoms with Gasteiger partial charge in [-0.15, -0.1) is 0 Å². The van der Waals surface area contributed by atoms with Crippen LogP contribution in [0.1, 0.15) is 5.56 Å². The summed E-state index contributed by atoms with van der Waals surface area (Å²) < 4.78 is 57.0. The molecule has 0 spiro atoms. The van der Waals surface area contributed by atoms with Crippen LogP contribution in [0.4, 0.5) is 5.69 Å². The molecule has 21 heavy (non-hydrogen) atoms. The minimum Gasteiger partial charge on any atom is -0.269 e. The molecule has 0 fully saturated rings. The van der Waals surface area contributed by atoms with E-state index in [2.05, 4.69) is 0 Å². The van der Waals surface area contributed by atoms with Crippen LogP contribution in [0, 0.1) is 6.92 Å². The van der Waals surface area contributed by atoms with Crippen LogP contribution in [-0.2, 0) is 20.1 Å². The van der Waals surface area contributed by atoms with Gasteiger partial charge in [-0.2, -0.15) is 8.42 Å². The lowest BCUT2D eigenvalue weighted by Crippen LogP contribution is -2.12. The number of hydrogen-bond donors (Lipinski definition) is 2. The van der Waals surface area contributed by atoms with Crippen LogP contribution in [-0.4, -0.2) is 21.4 Å². The number of aryl methyl sites for hydroxylation is 1. The molecule has 2 aromatic rings. The average Bonchev–Trinajstić information content (AvgIpc) is 2.40. The predicted octanol–water partition coefficient (Wildman–Crippen LogP) is 2.04. The summed E-state index contributed by atoms with van der Waals surface area (Å²) in [6, 6.07) is 11.8. The van der Waals surface area contributed by atoms with Crippen LogP contribution in [0.5, 0.6) is 0 Å². The van der Waals surface area contributed by atoms with Gasteiger partial charge in [-0.05, 0) is 42.8 Å². The van der Waals surface area contributed by atoms with Crippen molar-refractivity contribution in [1.82, 2.24) is 0 Å².